The first-order valence-corrected chi connectivity index (χ1v) is 6.93. The number of nitrogens with zero attached hydrogens (tertiary/aromatic N) is 2. The van der Waals surface area contributed by atoms with Gasteiger partial charge in [0.1, 0.15) is 6.04 Å². The lowest BCUT2D eigenvalue weighted by molar-refractivity contribution is -0.139. The molecule has 0 aromatic heterocycles. The van der Waals surface area contributed by atoms with Crippen LogP contribution >= 0.6 is 0 Å². The van der Waals surface area contributed by atoms with Crippen LogP contribution in [-0.2, 0) is 19.6 Å². The number of carbonyl (C=O) groups is 1. The number of esters is 1. The van der Waals surface area contributed by atoms with Gasteiger partial charge in [-0.05, 0) is 26.2 Å². The van der Waals surface area contributed by atoms with E-state index in [9.17, 15) is 13.2 Å². The number of methoxy groups -OCH3 is 1. The Bertz CT molecular complexity index is 426. The molecule has 0 aliphatic carbocycles. The number of hydrogen-bond donors (Lipinski definition) is 0. The highest BCUT2D eigenvalue weighted by Gasteiger charge is 2.39. The van der Waals surface area contributed by atoms with Crippen LogP contribution in [0.25, 0.3) is 0 Å². The van der Waals surface area contributed by atoms with Crippen LogP contribution in [0.3, 0.4) is 0 Å². The number of rotatable bonds is 3. The standard InChI is InChI=1S/C10H16N2O4S/c1-8(10(13)16-2)17(14,15)12-6-4-3-5-9(12)7-11/h8-9H,3-6H2,1-2H3. The van der Waals surface area contributed by atoms with Crippen LogP contribution in [0.5, 0.6) is 0 Å². The zero-order valence-electron chi connectivity index (χ0n) is 9.92. The number of ether oxygens (including phenoxy) is 1. The first-order chi connectivity index (χ1) is 7.95. The molecule has 0 saturated carbocycles. The fourth-order valence-electron chi connectivity index (χ4n) is 1.83. The number of hydrogen-bond acceptors (Lipinski definition) is 5. The summed E-state index contributed by atoms with van der Waals surface area (Å²) in [4.78, 5) is 11.3. The molecule has 0 spiro atoms. The maximum absolute atomic E-state index is 12.1. The second-order valence-electron chi connectivity index (χ2n) is 3.96. The number of nitriles is 1. The third-order valence-corrected chi connectivity index (χ3v) is 5.09. The molecule has 7 heteroatoms. The number of sulfonamides is 1. The molecule has 17 heavy (non-hydrogen) atoms. The monoisotopic (exact) mass is 260 g/mol. The van der Waals surface area contributed by atoms with E-state index in [2.05, 4.69) is 4.74 Å². The molecule has 2 atom stereocenters. The average Bonchev–Trinajstić information content (AvgIpc) is 2.36. The summed E-state index contributed by atoms with van der Waals surface area (Å²) in [6.45, 7) is 1.58. The van der Waals surface area contributed by atoms with Crippen molar-refractivity contribution in [3.8, 4) is 6.07 Å². The smallest absolute Gasteiger partial charge is 0.325 e. The minimum Gasteiger partial charge on any atom is -0.468 e. The van der Waals surface area contributed by atoms with Gasteiger partial charge in [-0.2, -0.15) is 9.57 Å². The van der Waals surface area contributed by atoms with E-state index in [1.54, 1.807) is 0 Å². The van der Waals surface area contributed by atoms with Crippen molar-refractivity contribution in [1.29, 1.82) is 5.26 Å². The summed E-state index contributed by atoms with van der Waals surface area (Å²) >= 11 is 0. The van der Waals surface area contributed by atoms with Crippen molar-refractivity contribution < 1.29 is 17.9 Å². The summed E-state index contributed by atoms with van der Waals surface area (Å²) < 4.78 is 29.8. The highest BCUT2D eigenvalue weighted by molar-refractivity contribution is 7.90. The lowest BCUT2D eigenvalue weighted by Crippen LogP contribution is -2.48. The van der Waals surface area contributed by atoms with E-state index in [1.807, 2.05) is 6.07 Å². The lowest BCUT2D eigenvalue weighted by Gasteiger charge is -2.31. The molecule has 0 N–H and O–H groups in total. The van der Waals surface area contributed by atoms with Crippen LogP contribution in [0.15, 0.2) is 0 Å². The molecule has 1 fully saturated rings. The average molecular weight is 260 g/mol. The molecule has 1 aliphatic heterocycles. The largest absolute Gasteiger partial charge is 0.468 e. The first-order valence-electron chi connectivity index (χ1n) is 5.43. The molecule has 1 saturated heterocycles. The second-order valence-corrected chi connectivity index (χ2v) is 6.17. The third-order valence-electron chi connectivity index (χ3n) is 2.91. The molecule has 1 heterocycles. The molecule has 2 unspecified atom stereocenters. The van der Waals surface area contributed by atoms with Crippen molar-refractivity contribution in [3.05, 3.63) is 0 Å². The Morgan fingerprint density at radius 3 is 2.71 bits per heavy atom. The van der Waals surface area contributed by atoms with E-state index in [1.165, 1.54) is 6.92 Å². The van der Waals surface area contributed by atoms with Gasteiger partial charge in [0.05, 0.1) is 13.2 Å². The van der Waals surface area contributed by atoms with Crippen molar-refractivity contribution >= 4 is 16.0 Å². The Morgan fingerprint density at radius 2 is 2.18 bits per heavy atom. The van der Waals surface area contributed by atoms with E-state index in [0.717, 1.165) is 17.8 Å². The lowest BCUT2D eigenvalue weighted by atomic mass is 10.1. The van der Waals surface area contributed by atoms with Crippen LogP contribution in [0.4, 0.5) is 0 Å². The second kappa shape index (κ2) is 5.47. The molecular formula is C10H16N2O4S. The maximum Gasteiger partial charge on any atom is 0.325 e. The molecule has 96 valence electrons. The van der Waals surface area contributed by atoms with Crippen LogP contribution in [0, 0.1) is 11.3 Å². The summed E-state index contributed by atoms with van der Waals surface area (Å²) in [5.74, 6) is -0.799. The van der Waals surface area contributed by atoms with Gasteiger partial charge in [-0.25, -0.2) is 8.42 Å². The molecule has 6 nitrogen and oxygen atoms in total. The molecule has 0 aromatic rings. The van der Waals surface area contributed by atoms with Crippen molar-refractivity contribution in [3.63, 3.8) is 0 Å². The summed E-state index contributed by atoms with van der Waals surface area (Å²) in [6, 6.07) is 1.30. The summed E-state index contributed by atoms with van der Waals surface area (Å²) in [6.07, 6.45) is 2.06. The number of carbonyl (C=O) groups excluding carboxylic acids is 1. The van der Waals surface area contributed by atoms with E-state index in [4.69, 9.17) is 5.26 Å². The maximum atomic E-state index is 12.1. The van der Waals surface area contributed by atoms with Gasteiger partial charge in [-0.3, -0.25) is 4.79 Å². The summed E-state index contributed by atoms with van der Waals surface area (Å²) in [5.41, 5.74) is 0. The molecule has 0 aromatic carbocycles. The van der Waals surface area contributed by atoms with Crippen LogP contribution in [-0.4, -0.2) is 43.6 Å². The van der Waals surface area contributed by atoms with Gasteiger partial charge in [0.25, 0.3) is 0 Å². The fraction of sp³-hybridized carbons (Fsp3) is 0.800. The predicted molar refractivity (Wildman–Crippen MR) is 60.4 cm³/mol. The van der Waals surface area contributed by atoms with Crippen LogP contribution in [0.1, 0.15) is 26.2 Å². The minimum atomic E-state index is -3.80. The normalized spacial score (nSPS) is 23.7. The molecule has 0 radical (unpaired) electrons. The van der Waals surface area contributed by atoms with Gasteiger partial charge >= 0.3 is 5.97 Å². The summed E-state index contributed by atoms with van der Waals surface area (Å²) in [7, 11) is -2.65. The van der Waals surface area contributed by atoms with Gasteiger partial charge in [0.15, 0.2) is 5.25 Å². The quantitative estimate of drug-likeness (QED) is 0.679. The Kier molecular flexibility index (Phi) is 4.48. The van der Waals surface area contributed by atoms with Gasteiger partial charge in [-0.15, -0.1) is 0 Å². The minimum absolute atomic E-state index is 0.294. The molecular weight excluding hydrogens is 244 g/mol. The third kappa shape index (κ3) is 2.76. The topological polar surface area (TPSA) is 87.5 Å². The van der Waals surface area contributed by atoms with Crippen LogP contribution in [0.2, 0.25) is 0 Å². The zero-order valence-corrected chi connectivity index (χ0v) is 10.7. The first kappa shape index (κ1) is 13.9. The predicted octanol–water partition coefficient (Wildman–Crippen LogP) is 0.256. The van der Waals surface area contributed by atoms with Crippen molar-refractivity contribution in [2.45, 2.75) is 37.5 Å². The zero-order chi connectivity index (χ0) is 13.1. The van der Waals surface area contributed by atoms with Crippen molar-refractivity contribution in [2.75, 3.05) is 13.7 Å². The SMILES string of the molecule is COC(=O)C(C)S(=O)(=O)N1CCCCC1C#N. The highest BCUT2D eigenvalue weighted by atomic mass is 32.2. The van der Waals surface area contributed by atoms with E-state index in [0.29, 0.717) is 19.4 Å². The van der Waals surface area contributed by atoms with Gasteiger partial charge in [0.2, 0.25) is 10.0 Å². The fourth-order valence-corrected chi connectivity index (χ4v) is 3.47. The van der Waals surface area contributed by atoms with Crippen LogP contribution < -0.4 is 0 Å². The Balaban J connectivity index is 2.96. The van der Waals surface area contributed by atoms with E-state index < -0.39 is 27.3 Å². The Hall–Kier alpha value is -1.13. The van der Waals surface area contributed by atoms with E-state index >= 15 is 0 Å². The molecule has 0 bridgehead atoms. The van der Waals surface area contributed by atoms with Crippen molar-refractivity contribution in [2.24, 2.45) is 0 Å². The van der Waals surface area contributed by atoms with Gasteiger partial charge in [0, 0.05) is 6.54 Å². The van der Waals surface area contributed by atoms with E-state index in [-0.39, 0.29) is 0 Å². The molecule has 0 amide bonds. The van der Waals surface area contributed by atoms with Gasteiger partial charge in [-0.1, -0.05) is 0 Å². The van der Waals surface area contributed by atoms with Crippen molar-refractivity contribution in [1.82, 2.24) is 4.31 Å². The molecule has 1 aliphatic rings. The number of piperidine rings is 1. The Labute approximate surface area is 101 Å². The highest BCUT2D eigenvalue weighted by Crippen LogP contribution is 2.22. The van der Waals surface area contributed by atoms with Gasteiger partial charge < -0.3 is 4.74 Å². The Morgan fingerprint density at radius 1 is 1.53 bits per heavy atom. The molecule has 1 rings (SSSR count). The summed E-state index contributed by atoms with van der Waals surface area (Å²) in [5, 5.41) is 7.67.